The highest BCUT2D eigenvalue weighted by Gasteiger charge is 2.21. The Hall–Kier alpha value is -0.810. The van der Waals surface area contributed by atoms with Crippen molar-refractivity contribution >= 4 is 36.4 Å². The maximum Gasteiger partial charge on any atom is 0.224 e. The SMILES string of the molecule is CCCN1Cc2cccc(NC(=O)CCCNC)c2C1.Cl.Cl. The maximum atomic E-state index is 11.9. The van der Waals surface area contributed by atoms with Crippen molar-refractivity contribution in [2.45, 2.75) is 39.3 Å². The van der Waals surface area contributed by atoms with Gasteiger partial charge in [-0.1, -0.05) is 19.1 Å². The van der Waals surface area contributed by atoms with Gasteiger partial charge in [-0.05, 0) is 50.2 Å². The number of fused-ring (bicyclic) bond motifs is 1. The molecule has 1 aliphatic rings. The summed E-state index contributed by atoms with van der Waals surface area (Å²) in [4.78, 5) is 14.4. The van der Waals surface area contributed by atoms with E-state index in [0.29, 0.717) is 6.42 Å². The molecule has 2 N–H and O–H groups in total. The van der Waals surface area contributed by atoms with Crippen molar-refractivity contribution in [3.05, 3.63) is 29.3 Å². The molecule has 4 nitrogen and oxygen atoms in total. The molecule has 0 fully saturated rings. The summed E-state index contributed by atoms with van der Waals surface area (Å²) in [6, 6.07) is 6.23. The number of rotatable bonds is 7. The van der Waals surface area contributed by atoms with Gasteiger partial charge in [0.1, 0.15) is 0 Å². The van der Waals surface area contributed by atoms with Gasteiger partial charge in [0, 0.05) is 25.2 Å². The average molecular weight is 348 g/mol. The fraction of sp³-hybridized carbons (Fsp3) is 0.562. The summed E-state index contributed by atoms with van der Waals surface area (Å²) in [7, 11) is 1.91. The molecule has 0 bridgehead atoms. The molecule has 0 saturated heterocycles. The first kappa shape index (κ1) is 21.2. The number of amides is 1. The van der Waals surface area contributed by atoms with E-state index in [1.807, 2.05) is 19.2 Å². The smallest absolute Gasteiger partial charge is 0.224 e. The van der Waals surface area contributed by atoms with Gasteiger partial charge in [-0.2, -0.15) is 0 Å². The topological polar surface area (TPSA) is 44.4 Å². The van der Waals surface area contributed by atoms with Gasteiger partial charge in [0.05, 0.1) is 0 Å². The Morgan fingerprint density at radius 2 is 2.05 bits per heavy atom. The minimum Gasteiger partial charge on any atom is -0.326 e. The molecule has 6 heteroatoms. The third-order valence-corrected chi connectivity index (χ3v) is 3.69. The quantitative estimate of drug-likeness (QED) is 0.744. The molecular weight excluding hydrogens is 321 g/mol. The van der Waals surface area contributed by atoms with E-state index in [9.17, 15) is 4.79 Å². The van der Waals surface area contributed by atoms with Crippen LogP contribution in [0.5, 0.6) is 0 Å². The number of nitrogens with one attached hydrogen (secondary N) is 2. The van der Waals surface area contributed by atoms with E-state index in [-0.39, 0.29) is 30.7 Å². The molecule has 1 aliphatic heterocycles. The highest BCUT2D eigenvalue weighted by molar-refractivity contribution is 5.91. The Kier molecular flexibility index (Phi) is 10.4. The van der Waals surface area contributed by atoms with Crippen LogP contribution in [0, 0.1) is 0 Å². The van der Waals surface area contributed by atoms with E-state index >= 15 is 0 Å². The van der Waals surface area contributed by atoms with Gasteiger partial charge in [-0.3, -0.25) is 9.69 Å². The van der Waals surface area contributed by atoms with E-state index in [2.05, 4.69) is 28.5 Å². The lowest BCUT2D eigenvalue weighted by molar-refractivity contribution is -0.116. The first-order valence-electron chi connectivity index (χ1n) is 7.52. The third kappa shape index (κ3) is 5.76. The van der Waals surface area contributed by atoms with Gasteiger partial charge in [-0.15, -0.1) is 24.8 Å². The summed E-state index contributed by atoms with van der Waals surface area (Å²) in [5, 5.41) is 6.13. The van der Waals surface area contributed by atoms with Gasteiger partial charge in [-0.25, -0.2) is 0 Å². The van der Waals surface area contributed by atoms with Gasteiger partial charge >= 0.3 is 0 Å². The second-order valence-corrected chi connectivity index (χ2v) is 5.41. The molecule has 126 valence electrons. The zero-order valence-electron chi connectivity index (χ0n) is 13.4. The zero-order valence-corrected chi connectivity index (χ0v) is 15.0. The predicted molar refractivity (Wildman–Crippen MR) is 97.1 cm³/mol. The fourth-order valence-corrected chi connectivity index (χ4v) is 2.72. The molecule has 0 aliphatic carbocycles. The standard InChI is InChI=1S/C16H25N3O.2ClH/c1-3-10-19-11-13-6-4-7-15(14(13)12-19)18-16(20)8-5-9-17-2;;/h4,6-7,17H,3,5,8-12H2,1-2H3,(H,18,20);2*1H. The first-order valence-corrected chi connectivity index (χ1v) is 7.52. The molecule has 0 unspecified atom stereocenters. The number of halogens is 2. The van der Waals surface area contributed by atoms with Crippen LogP contribution in [0.4, 0.5) is 5.69 Å². The van der Waals surface area contributed by atoms with Crippen molar-refractivity contribution in [2.75, 3.05) is 25.5 Å². The van der Waals surface area contributed by atoms with E-state index in [1.165, 1.54) is 17.5 Å². The summed E-state index contributed by atoms with van der Waals surface area (Å²) < 4.78 is 0. The summed E-state index contributed by atoms with van der Waals surface area (Å²) in [5.74, 6) is 0.114. The second-order valence-electron chi connectivity index (χ2n) is 5.41. The number of nitrogens with zero attached hydrogens (tertiary/aromatic N) is 1. The summed E-state index contributed by atoms with van der Waals surface area (Å²) in [5.41, 5.74) is 3.64. The molecule has 1 amide bonds. The highest BCUT2D eigenvalue weighted by Crippen LogP contribution is 2.29. The molecule has 0 saturated carbocycles. The Bertz CT molecular complexity index is 469. The Morgan fingerprint density at radius 1 is 1.27 bits per heavy atom. The van der Waals surface area contributed by atoms with Crippen LogP contribution in [0.25, 0.3) is 0 Å². The van der Waals surface area contributed by atoms with E-state index in [4.69, 9.17) is 0 Å². The highest BCUT2D eigenvalue weighted by atomic mass is 35.5. The van der Waals surface area contributed by atoms with Gasteiger partial charge in [0.15, 0.2) is 0 Å². The molecular formula is C16H27Cl2N3O. The Morgan fingerprint density at radius 3 is 2.73 bits per heavy atom. The number of anilines is 1. The molecule has 1 aromatic rings. The van der Waals surface area contributed by atoms with E-state index in [1.54, 1.807) is 0 Å². The van der Waals surface area contributed by atoms with E-state index in [0.717, 1.165) is 38.3 Å². The normalized spacial score (nSPS) is 13.0. The molecule has 1 heterocycles. The maximum absolute atomic E-state index is 11.9. The van der Waals surface area contributed by atoms with Crippen molar-refractivity contribution in [2.24, 2.45) is 0 Å². The summed E-state index contributed by atoms with van der Waals surface area (Å²) in [6.07, 6.45) is 2.61. The lowest BCUT2D eigenvalue weighted by atomic mass is 10.1. The lowest BCUT2D eigenvalue weighted by Crippen LogP contribution is -2.18. The second kappa shape index (κ2) is 10.8. The molecule has 22 heavy (non-hydrogen) atoms. The largest absolute Gasteiger partial charge is 0.326 e. The van der Waals surface area contributed by atoms with Crippen LogP contribution in [-0.4, -0.2) is 30.9 Å². The van der Waals surface area contributed by atoms with Gasteiger partial charge < -0.3 is 10.6 Å². The number of hydrogen-bond acceptors (Lipinski definition) is 3. The minimum absolute atomic E-state index is 0. The number of benzene rings is 1. The van der Waals surface area contributed by atoms with Crippen LogP contribution in [0.2, 0.25) is 0 Å². The van der Waals surface area contributed by atoms with Crippen LogP contribution in [-0.2, 0) is 17.9 Å². The fourth-order valence-electron chi connectivity index (χ4n) is 2.72. The van der Waals surface area contributed by atoms with Crippen molar-refractivity contribution < 1.29 is 4.79 Å². The zero-order chi connectivity index (χ0) is 14.4. The lowest BCUT2D eigenvalue weighted by Gasteiger charge is -2.13. The molecule has 0 aromatic heterocycles. The predicted octanol–water partition coefficient (Wildman–Crippen LogP) is 3.19. The number of hydrogen-bond donors (Lipinski definition) is 2. The summed E-state index contributed by atoms with van der Waals surface area (Å²) in [6.45, 7) is 6.16. The van der Waals surface area contributed by atoms with Crippen LogP contribution in [0.15, 0.2) is 18.2 Å². The van der Waals surface area contributed by atoms with Crippen LogP contribution in [0.1, 0.15) is 37.3 Å². The number of carbonyl (C=O) groups is 1. The van der Waals surface area contributed by atoms with Crippen molar-refractivity contribution in [1.82, 2.24) is 10.2 Å². The Balaban J connectivity index is 0.00000220. The first-order chi connectivity index (χ1) is 9.74. The van der Waals surface area contributed by atoms with Gasteiger partial charge in [0.2, 0.25) is 5.91 Å². The van der Waals surface area contributed by atoms with Crippen molar-refractivity contribution in [1.29, 1.82) is 0 Å². The van der Waals surface area contributed by atoms with Crippen molar-refractivity contribution in [3.63, 3.8) is 0 Å². The van der Waals surface area contributed by atoms with E-state index < -0.39 is 0 Å². The molecule has 1 aromatic carbocycles. The van der Waals surface area contributed by atoms with Crippen molar-refractivity contribution in [3.8, 4) is 0 Å². The molecule has 0 spiro atoms. The molecule has 0 radical (unpaired) electrons. The third-order valence-electron chi connectivity index (χ3n) is 3.69. The van der Waals surface area contributed by atoms with Crippen LogP contribution < -0.4 is 10.6 Å². The average Bonchev–Trinajstić information content (AvgIpc) is 2.83. The monoisotopic (exact) mass is 347 g/mol. The molecule has 0 atom stereocenters. The van der Waals surface area contributed by atoms with Crippen LogP contribution >= 0.6 is 24.8 Å². The Labute approximate surface area is 145 Å². The minimum atomic E-state index is 0. The number of carbonyl (C=O) groups excluding carboxylic acids is 1. The summed E-state index contributed by atoms with van der Waals surface area (Å²) >= 11 is 0. The van der Waals surface area contributed by atoms with Gasteiger partial charge in [0.25, 0.3) is 0 Å². The van der Waals surface area contributed by atoms with Crippen LogP contribution in [0.3, 0.4) is 0 Å². The molecule has 2 rings (SSSR count).